The average Bonchev–Trinajstić information content (AvgIpc) is 2.70. The van der Waals surface area contributed by atoms with E-state index in [1.807, 2.05) is 45.0 Å². The molecule has 2 aromatic carbocycles. The number of halogens is 2. The zero-order chi connectivity index (χ0) is 21.4. The van der Waals surface area contributed by atoms with Crippen molar-refractivity contribution in [2.45, 2.75) is 39.8 Å². The molecule has 0 heterocycles. The topological polar surface area (TPSA) is 58.6 Å². The molecule has 0 radical (unpaired) electrons. The van der Waals surface area contributed by atoms with E-state index in [0.29, 0.717) is 30.3 Å². The van der Waals surface area contributed by atoms with Gasteiger partial charge in [0.2, 0.25) is 5.91 Å². The van der Waals surface area contributed by atoms with Crippen molar-refractivity contribution in [3.05, 3.63) is 63.1 Å². The largest absolute Gasteiger partial charge is 0.484 e. The molecule has 1 N–H and O–H groups in total. The fraction of sp³-hybridized carbons (Fsp3) is 0.364. The molecule has 0 aromatic heterocycles. The molecule has 0 aliphatic carbocycles. The normalized spacial score (nSPS) is 11.6. The molecule has 0 fully saturated rings. The summed E-state index contributed by atoms with van der Waals surface area (Å²) in [4.78, 5) is 27.2. The summed E-state index contributed by atoms with van der Waals surface area (Å²) in [5.41, 5.74) is 1.91. The number of likely N-dealkylation sites (N-methyl/N-ethyl adjacent to an activating group) is 1. The number of benzene rings is 2. The van der Waals surface area contributed by atoms with Crippen molar-refractivity contribution in [1.82, 2.24) is 10.2 Å². The number of carbonyl (C=O) groups excluding carboxylic acids is 2. The van der Waals surface area contributed by atoms with Gasteiger partial charge in [0.15, 0.2) is 6.61 Å². The Morgan fingerprint density at radius 2 is 1.86 bits per heavy atom. The Hall–Kier alpha value is -2.05. The fourth-order valence-corrected chi connectivity index (χ4v) is 3.31. The van der Waals surface area contributed by atoms with Crippen LogP contribution < -0.4 is 10.1 Å². The van der Waals surface area contributed by atoms with Gasteiger partial charge < -0.3 is 15.0 Å². The lowest BCUT2D eigenvalue weighted by Gasteiger charge is -2.30. The van der Waals surface area contributed by atoms with Crippen molar-refractivity contribution >= 4 is 39.3 Å². The molecule has 29 heavy (non-hydrogen) atoms. The number of nitrogens with one attached hydrogen (secondary N) is 1. The molecule has 7 heteroatoms. The quantitative estimate of drug-likeness (QED) is 0.563. The SMILES string of the molecule is CCNC(=O)[C@H](CC)N(Cc1ccc(Cl)cc1)C(=O)COc1ccc(Br)c(C)c1. The minimum absolute atomic E-state index is 0.148. The van der Waals surface area contributed by atoms with Gasteiger partial charge in [-0.15, -0.1) is 0 Å². The predicted octanol–water partition coefficient (Wildman–Crippen LogP) is 4.73. The summed E-state index contributed by atoms with van der Waals surface area (Å²) in [6, 6.07) is 12.2. The number of hydrogen-bond acceptors (Lipinski definition) is 3. The highest BCUT2D eigenvalue weighted by molar-refractivity contribution is 9.10. The third-order valence-electron chi connectivity index (χ3n) is 4.49. The highest BCUT2D eigenvalue weighted by Crippen LogP contribution is 2.22. The fourth-order valence-electron chi connectivity index (χ4n) is 2.93. The molecule has 2 amide bonds. The highest BCUT2D eigenvalue weighted by Gasteiger charge is 2.28. The van der Waals surface area contributed by atoms with E-state index in [4.69, 9.17) is 16.3 Å². The molecule has 0 aliphatic rings. The first-order valence-corrected chi connectivity index (χ1v) is 10.7. The summed E-state index contributed by atoms with van der Waals surface area (Å²) in [6.07, 6.45) is 0.503. The number of amides is 2. The van der Waals surface area contributed by atoms with E-state index < -0.39 is 6.04 Å². The molecule has 0 saturated heterocycles. The molecule has 0 bridgehead atoms. The van der Waals surface area contributed by atoms with Crippen molar-refractivity contribution in [1.29, 1.82) is 0 Å². The van der Waals surface area contributed by atoms with Crippen LogP contribution in [0.4, 0.5) is 0 Å². The molecule has 0 aliphatic heterocycles. The Labute approximate surface area is 185 Å². The van der Waals surface area contributed by atoms with Gasteiger partial charge in [0, 0.05) is 22.6 Å². The van der Waals surface area contributed by atoms with Crippen LogP contribution in [0.2, 0.25) is 5.02 Å². The Bertz CT molecular complexity index is 842. The lowest BCUT2D eigenvalue weighted by atomic mass is 10.1. The molecular weight excluding hydrogens is 456 g/mol. The smallest absolute Gasteiger partial charge is 0.261 e. The van der Waals surface area contributed by atoms with Gasteiger partial charge in [-0.3, -0.25) is 9.59 Å². The van der Waals surface area contributed by atoms with Crippen molar-refractivity contribution in [3.8, 4) is 5.75 Å². The van der Waals surface area contributed by atoms with Gasteiger partial charge in [-0.05, 0) is 61.7 Å². The number of rotatable bonds is 9. The monoisotopic (exact) mass is 480 g/mol. The first kappa shape index (κ1) is 23.2. The maximum Gasteiger partial charge on any atom is 0.261 e. The minimum Gasteiger partial charge on any atom is -0.484 e. The zero-order valence-corrected chi connectivity index (χ0v) is 19.2. The number of carbonyl (C=O) groups is 2. The van der Waals surface area contributed by atoms with Crippen LogP contribution in [0.1, 0.15) is 31.4 Å². The molecule has 2 aromatic rings. The van der Waals surface area contributed by atoms with Crippen LogP contribution in [0.5, 0.6) is 5.75 Å². The molecule has 156 valence electrons. The summed E-state index contributed by atoms with van der Waals surface area (Å²) < 4.78 is 6.69. The Morgan fingerprint density at radius 3 is 2.45 bits per heavy atom. The van der Waals surface area contributed by atoms with E-state index in [1.54, 1.807) is 23.1 Å². The highest BCUT2D eigenvalue weighted by atomic mass is 79.9. The Morgan fingerprint density at radius 1 is 1.17 bits per heavy atom. The van der Waals surface area contributed by atoms with E-state index in [-0.39, 0.29) is 18.4 Å². The zero-order valence-electron chi connectivity index (χ0n) is 16.9. The van der Waals surface area contributed by atoms with E-state index in [2.05, 4.69) is 21.2 Å². The van der Waals surface area contributed by atoms with Crippen LogP contribution in [0.25, 0.3) is 0 Å². The lowest BCUT2D eigenvalue weighted by molar-refractivity contribution is -0.142. The van der Waals surface area contributed by atoms with E-state index in [9.17, 15) is 9.59 Å². The second kappa shape index (κ2) is 11.2. The summed E-state index contributed by atoms with van der Waals surface area (Å²) in [5, 5.41) is 3.44. The second-order valence-corrected chi connectivity index (χ2v) is 7.96. The van der Waals surface area contributed by atoms with E-state index in [0.717, 1.165) is 15.6 Å². The van der Waals surface area contributed by atoms with Crippen LogP contribution in [-0.2, 0) is 16.1 Å². The first-order chi connectivity index (χ1) is 13.8. The minimum atomic E-state index is -0.576. The van der Waals surface area contributed by atoms with E-state index in [1.165, 1.54) is 0 Å². The lowest BCUT2D eigenvalue weighted by Crippen LogP contribution is -2.50. The van der Waals surface area contributed by atoms with Crippen LogP contribution in [0.3, 0.4) is 0 Å². The number of aryl methyl sites for hydroxylation is 1. The van der Waals surface area contributed by atoms with Crippen molar-refractivity contribution in [3.63, 3.8) is 0 Å². The van der Waals surface area contributed by atoms with Gasteiger partial charge in [-0.1, -0.05) is 46.6 Å². The standard InChI is InChI=1S/C22H26BrClN2O3/c1-4-20(22(28)25-5-2)26(13-16-6-8-17(24)9-7-16)21(27)14-29-18-10-11-19(23)15(3)12-18/h6-12,20H,4-5,13-14H2,1-3H3,(H,25,28)/t20-/m0/s1. The van der Waals surface area contributed by atoms with Crippen LogP contribution in [0, 0.1) is 6.92 Å². The summed E-state index contributed by atoms with van der Waals surface area (Å²) in [5.74, 6) is 0.187. The molecule has 2 rings (SSSR count). The van der Waals surface area contributed by atoms with Crippen molar-refractivity contribution in [2.75, 3.05) is 13.2 Å². The summed E-state index contributed by atoms with van der Waals surface area (Å²) in [6.45, 7) is 6.36. The Balaban J connectivity index is 2.19. The van der Waals surface area contributed by atoms with Gasteiger partial charge in [-0.2, -0.15) is 0 Å². The number of nitrogens with zero attached hydrogens (tertiary/aromatic N) is 1. The predicted molar refractivity (Wildman–Crippen MR) is 119 cm³/mol. The molecule has 0 saturated carbocycles. The maximum atomic E-state index is 13.0. The molecular formula is C22H26BrClN2O3. The van der Waals surface area contributed by atoms with Crippen molar-refractivity contribution < 1.29 is 14.3 Å². The van der Waals surface area contributed by atoms with Crippen molar-refractivity contribution in [2.24, 2.45) is 0 Å². The van der Waals surface area contributed by atoms with Gasteiger partial charge in [-0.25, -0.2) is 0 Å². The average molecular weight is 482 g/mol. The Kier molecular flexibility index (Phi) is 8.99. The molecule has 1 atom stereocenters. The van der Waals surface area contributed by atoms with Crippen LogP contribution in [-0.4, -0.2) is 35.9 Å². The van der Waals surface area contributed by atoms with Gasteiger partial charge in [0.1, 0.15) is 11.8 Å². The van der Waals surface area contributed by atoms with Gasteiger partial charge >= 0.3 is 0 Å². The molecule has 0 spiro atoms. The second-order valence-electron chi connectivity index (χ2n) is 6.67. The number of hydrogen-bond donors (Lipinski definition) is 1. The third-order valence-corrected chi connectivity index (χ3v) is 5.64. The molecule has 0 unspecified atom stereocenters. The van der Waals surface area contributed by atoms with Gasteiger partial charge in [0.05, 0.1) is 0 Å². The first-order valence-electron chi connectivity index (χ1n) is 9.56. The maximum absolute atomic E-state index is 13.0. The summed E-state index contributed by atoms with van der Waals surface area (Å²) >= 11 is 9.41. The van der Waals surface area contributed by atoms with Crippen LogP contribution >= 0.6 is 27.5 Å². The molecule has 5 nitrogen and oxygen atoms in total. The van der Waals surface area contributed by atoms with E-state index >= 15 is 0 Å². The number of ether oxygens (including phenoxy) is 1. The third kappa shape index (κ3) is 6.75. The van der Waals surface area contributed by atoms with Crippen LogP contribution in [0.15, 0.2) is 46.9 Å². The van der Waals surface area contributed by atoms with Gasteiger partial charge in [0.25, 0.3) is 5.91 Å². The summed E-state index contributed by atoms with van der Waals surface area (Å²) in [7, 11) is 0.